The van der Waals surface area contributed by atoms with Crippen molar-refractivity contribution < 1.29 is 4.79 Å². The van der Waals surface area contributed by atoms with Crippen molar-refractivity contribution in [2.75, 3.05) is 5.73 Å². The smallest absolute Gasteiger partial charge is 0.271 e. The number of aromatic nitrogens is 3. The number of hydrogen-bond donors (Lipinski definition) is 2. The molecule has 0 atom stereocenters. The highest BCUT2D eigenvalue weighted by Gasteiger charge is 2.16. The van der Waals surface area contributed by atoms with Crippen LogP contribution in [-0.2, 0) is 0 Å². The standard InChI is InChI=1S/C12H12N6O/c1-6-3-7(2)16-12(8(6)4-13)18-5-9(14)10(17-18)11(15)19/h3,5H,14H2,1-2H3,(H2,15,19). The van der Waals surface area contributed by atoms with Gasteiger partial charge in [-0.3, -0.25) is 4.79 Å². The first-order chi connectivity index (χ1) is 8.93. The molecule has 2 aromatic rings. The Balaban J connectivity index is 2.69. The van der Waals surface area contributed by atoms with Gasteiger partial charge in [-0.25, -0.2) is 9.67 Å². The van der Waals surface area contributed by atoms with Crippen LogP contribution in [0.3, 0.4) is 0 Å². The average Bonchev–Trinajstić information content (AvgIpc) is 2.70. The molecule has 0 bridgehead atoms. The predicted molar refractivity (Wildman–Crippen MR) is 68.5 cm³/mol. The van der Waals surface area contributed by atoms with Gasteiger partial charge in [-0.1, -0.05) is 0 Å². The van der Waals surface area contributed by atoms with Crippen LogP contribution in [0.5, 0.6) is 0 Å². The second kappa shape index (κ2) is 4.42. The second-order valence-electron chi connectivity index (χ2n) is 4.13. The Morgan fingerprint density at radius 2 is 2.16 bits per heavy atom. The fourth-order valence-corrected chi connectivity index (χ4v) is 1.81. The summed E-state index contributed by atoms with van der Waals surface area (Å²) in [6, 6.07) is 3.86. The molecule has 0 aromatic carbocycles. The first-order valence-corrected chi connectivity index (χ1v) is 5.47. The van der Waals surface area contributed by atoms with Gasteiger partial charge in [-0.05, 0) is 25.5 Å². The summed E-state index contributed by atoms with van der Waals surface area (Å²) in [4.78, 5) is 15.4. The van der Waals surface area contributed by atoms with E-state index >= 15 is 0 Å². The van der Waals surface area contributed by atoms with Gasteiger partial charge in [0, 0.05) is 5.69 Å². The van der Waals surface area contributed by atoms with Gasteiger partial charge in [-0.15, -0.1) is 0 Å². The molecule has 0 aliphatic heterocycles. The topological polar surface area (TPSA) is 124 Å². The van der Waals surface area contributed by atoms with Gasteiger partial charge in [-0.2, -0.15) is 10.4 Å². The molecule has 96 valence electrons. The number of hydrogen-bond acceptors (Lipinski definition) is 5. The molecule has 0 aliphatic rings. The normalized spacial score (nSPS) is 10.2. The van der Waals surface area contributed by atoms with Gasteiger partial charge < -0.3 is 11.5 Å². The van der Waals surface area contributed by atoms with E-state index in [2.05, 4.69) is 16.2 Å². The second-order valence-corrected chi connectivity index (χ2v) is 4.13. The number of carbonyl (C=O) groups is 1. The van der Waals surface area contributed by atoms with Crippen molar-refractivity contribution in [3.05, 3.63) is 34.8 Å². The van der Waals surface area contributed by atoms with Crippen molar-refractivity contribution in [1.29, 1.82) is 5.26 Å². The molecule has 0 unspecified atom stereocenters. The molecule has 1 amide bonds. The van der Waals surface area contributed by atoms with E-state index in [0.717, 1.165) is 11.3 Å². The average molecular weight is 256 g/mol. The minimum atomic E-state index is -0.723. The van der Waals surface area contributed by atoms with E-state index in [4.69, 9.17) is 11.5 Å². The summed E-state index contributed by atoms with van der Waals surface area (Å²) in [5.41, 5.74) is 12.8. The van der Waals surface area contributed by atoms with Crippen LogP contribution in [0.4, 0.5) is 5.69 Å². The molecule has 0 radical (unpaired) electrons. The molecule has 2 heterocycles. The molecule has 19 heavy (non-hydrogen) atoms. The highest BCUT2D eigenvalue weighted by Crippen LogP contribution is 2.19. The summed E-state index contributed by atoms with van der Waals surface area (Å²) in [7, 11) is 0. The molecule has 4 N–H and O–H groups in total. The quantitative estimate of drug-likeness (QED) is 0.806. The Morgan fingerprint density at radius 3 is 2.68 bits per heavy atom. The van der Waals surface area contributed by atoms with Crippen molar-refractivity contribution in [2.24, 2.45) is 5.73 Å². The summed E-state index contributed by atoms with van der Waals surface area (Å²) in [6.45, 7) is 3.61. The zero-order valence-corrected chi connectivity index (χ0v) is 10.5. The van der Waals surface area contributed by atoms with Crippen LogP contribution in [0.25, 0.3) is 5.82 Å². The first-order valence-electron chi connectivity index (χ1n) is 5.47. The molecule has 0 saturated heterocycles. The van der Waals surface area contributed by atoms with Crippen molar-refractivity contribution >= 4 is 11.6 Å². The Hall–Kier alpha value is -2.88. The molecular weight excluding hydrogens is 244 g/mol. The molecule has 7 heteroatoms. The van der Waals surface area contributed by atoms with E-state index in [9.17, 15) is 10.1 Å². The summed E-state index contributed by atoms with van der Waals surface area (Å²) >= 11 is 0. The number of nitrogens with zero attached hydrogens (tertiary/aromatic N) is 4. The lowest BCUT2D eigenvalue weighted by Crippen LogP contribution is -2.14. The summed E-state index contributed by atoms with van der Waals surface area (Å²) in [5, 5.41) is 13.2. The summed E-state index contributed by atoms with van der Waals surface area (Å²) in [5.74, 6) is -0.390. The molecule has 7 nitrogen and oxygen atoms in total. The summed E-state index contributed by atoms with van der Waals surface area (Å²) in [6.07, 6.45) is 1.42. The first kappa shape index (κ1) is 12.6. The van der Waals surface area contributed by atoms with Gasteiger partial charge in [0.2, 0.25) is 0 Å². The number of nitriles is 1. The lowest BCUT2D eigenvalue weighted by molar-refractivity contribution is 0.0996. The molecule has 0 fully saturated rings. The monoisotopic (exact) mass is 256 g/mol. The zero-order valence-electron chi connectivity index (χ0n) is 10.5. The Bertz CT molecular complexity index is 710. The van der Waals surface area contributed by atoms with Crippen LogP contribution in [-0.4, -0.2) is 20.7 Å². The maximum atomic E-state index is 11.1. The number of carbonyl (C=O) groups excluding carboxylic acids is 1. The maximum Gasteiger partial charge on any atom is 0.271 e. The van der Waals surface area contributed by atoms with E-state index in [-0.39, 0.29) is 11.4 Å². The van der Waals surface area contributed by atoms with Gasteiger partial charge >= 0.3 is 0 Å². The van der Waals surface area contributed by atoms with Crippen LogP contribution in [0.1, 0.15) is 27.3 Å². The van der Waals surface area contributed by atoms with Crippen LogP contribution >= 0.6 is 0 Å². The van der Waals surface area contributed by atoms with Crippen LogP contribution < -0.4 is 11.5 Å². The number of nitrogens with two attached hydrogens (primary N) is 2. The van der Waals surface area contributed by atoms with Crippen molar-refractivity contribution in [3.63, 3.8) is 0 Å². The fraction of sp³-hybridized carbons (Fsp3) is 0.167. The van der Waals surface area contributed by atoms with E-state index in [1.165, 1.54) is 10.9 Å². The van der Waals surface area contributed by atoms with Gasteiger partial charge in [0.15, 0.2) is 11.5 Å². The number of anilines is 1. The molecule has 0 spiro atoms. The molecule has 0 saturated carbocycles. The van der Waals surface area contributed by atoms with Crippen LogP contribution in [0, 0.1) is 25.2 Å². The van der Waals surface area contributed by atoms with Gasteiger partial charge in [0.1, 0.15) is 6.07 Å². The van der Waals surface area contributed by atoms with E-state index in [1.54, 1.807) is 19.9 Å². The van der Waals surface area contributed by atoms with Gasteiger partial charge in [0.05, 0.1) is 17.4 Å². The lowest BCUT2D eigenvalue weighted by Gasteiger charge is -2.07. The third-order valence-electron chi connectivity index (χ3n) is 2.63. The van der Waals surface area contributed by atoms with Crippen molar-refractivity contribution in [1.82, 2.24) is 14.8 Å². The highest BCUT2D eigenvalue weighted by molar-refractivity contribution is 5.95. The minimum absolute atomic E-state index is 0.0372. The summed E-state index contributed by atoms with van der Waals surface area (Å²) < 4.78 is 1.30. The third kappa shape index (κ3) is 2.11. The van der Waals surface area contributed by atoms with E-state index in [1.807, 2.05) is 0 Å². The number of amides is 1. The van der Waals surface area contributed by atoms with Crippen molar-refractivity contribution in [2.45, 2.75) is 13.8 Å². The lowest BCUT2D eigenvalue weighted by atomic mass is 10.1. The Morgan fingerprint density at radius 1 is 1.47 bits per heavy atom. The largest absolute Gasteiger partial charge is 0.396 e. The third-order valence-corrected chi connectivity index (χ3v) is 2.63. The molecular formula is C12H12N6O. The van der Waals surface area contributed by atoms with Crippen LogP contribution in [0.15, 0.2) is 12.3 Å². The van der Waals surface area contributed by atoms with Crippen molar-refractivity contribution in [3.8, 4) is 11.9 Å². The number of primary amides is 1. The molecule has 0 aliphatic carbocycles. The molecule has 2 rings (SSSR count). The fourth-order valence-electron chi connectivity index (χ4n) is 1.81. The zero-order chi connectivity index (χ0) is 14.2. The Labute approximate surface area is 109 Å². The maximum absolute atomic E-state index is 11.1. The van der Waals surface area contributed by atoms with E-state index < -0.39 is 5.91 Å². The highest BCUT2D eigenvalue weighted by atomic mass is 16.1. The van der Waals surface area contributed by atoms with Crippen LogP contribution in [0.2, 0.25) is 0 Å². The molecule has 2 aromatic heterocycles. The number of nitrogen functional groups attached to an aromatic ring is 1. The SMILES string of the molecule is Cc1cc(C)c(C#N)c(-n2cc(N)c(C(N)=O)n2)n1. The van der Waals surface area contributed by atoms with Gasteiger partial charge in [0.25, 0.3) is 5.91 Å². The number of pyridine rings is 1. The number of aryl methyl sites for hydroxylation is 2. The Kier molecular flexibility index (Phi) is 2.92. The minimum Gasteiger partial charge on any atom is -0.396 e. The number of rotatable bonds is 2. The predicted octanol–water partition coefficient (Wildman–Crippen LogP) is 0.437. The van der Waals surface area contributed by atoms with E-state index in [0.29, 0.717) is 11.4 Å².